The van der Waals surface area contributed by atoms with E-state index < -0.39 is 17.4 Å². The summed E-state index contributed by atoms with van der Waals surface area (Å²) in [6, 6.07) is 21.3. The molecule has 0 aliphatic carbocycles. The lowest BCUT2D eigenvalue weighted by Crippen LogP contribution is -2.48. The first-order valence-electron chi connectivity index (χ1n) is 13.3. The normalized spacial score (nSPS) is 16.1. The number of aromatic amines is 1. The molecule has 4 aromatic rings. The highest BCUT2D eigenvalue weighted by atomic mass is 16.3. The summed E-state index contributed by atoms with van der Waals surface area (Å²) in [6.07, 6.45) is -0.902. The smallest absolute Gasteiger partial charge is 0.332 e. The third kappa shape index (κ3) is 5.22. The predicted octanol–water partition coefficient (Wildman–Crippen LogP) is 2.52. The first kappa shape index (κ1) is 26.1. The summed E-state index contributed by atoms with van der Waals surface area (Å²) in [4.78, 5) is 37.7. The van der Waals surface area contributed by atoms with Gasteiger partial charge in [-0.05, 0) is 17.0 Å². The number of benzene rings is 2. The zero-order valence-corrected chi connectivity index (χ0v) is 22.2. The van der Waals surface area contributed by atoms with Gasteiger partial charge in [-0.15, -0.1) is 0 Å². The molecule has 0 bridgehead atoms. The number of aliphatic hydroxyl groups excluding tert-OH is 1. The van der Waals surface area contributed by atoms with Crippen LogP contribution in [0.3, 0.4) is 0 Å². The first-order valence-corrected chi connectivity index (χ1v) is 13.3. The van der Waals surface area contributed by atoms with Gasteiger partial charge in [-0.25, -0.2) is 9.78 Å². The first-order chi connectivity index (χ1) is 18.3. The summed E-state index contributed by atoms with van der Waals surface area (Å²) in [7, 11) is 1.47. The zero-order chi connectivity index (χ0) is 26.8. The van der Waals surface area contributed by atoms with Gasteiger partial charge in [0.2, 0.25) is 0 Å². The third-order valence-electron chi connectivity index (χ3n) is 7.29. The van der Waals surface area contributed by atoms with Crippen LogP contribution >= 0.6 is 0 Å². The average molecular weight is 517 g/mol. The molecule has 1 fully saturated rings. The molecule has 1 unspecified atom stereocenters. The van der Waals surface area contributed by atoms with Crippen molar-refractivity contribution in [3.05, 3.63) is 98.5 Å². The van der Waals surface area contributed by atoms with Gasteiger partial charge in [0.15, 0.2) is 5.65 Å². The van der Waals surface area contributed by atoms with E-state index in [1.54, 1.807) is 0 Å². The van der Waals surface area contributed by atoms with Crippen LogP contribution in [0.25, 0.3) is 11.2 Å². The van der Waals surface area contributed by atoms with E-state index in [1.165, 1.54) is 22.7 Å². The highest BCUT2D eigenvalue weighted by Gasteiger charge is 2.28. The Kier molecular flexibility index (Phi) is 7.60. The summed E-state index contributed by atoms with van der Waals surface area (Å²) >= 11 is 0. The zero-order valence-electron chi connectivity index (χ0n) is 22.2. The second-order valence-electron chi connectivity index (χ2n) is 10.5. The minimum absolute atomic E-state index is 0.175. The summed E-state index contributed by atoms with van der Waals surface area (Å²) < 4.78 is 2.61. The summed E-state index contributed by atoms with van der Waals surface area (Å²) in [5.74, 6) is 0.513. The van der Waals surface area contributed by atoms with Crippen molar-refractivity contribution in [2.45, 2.75) is 32.5 Å². The van der Waals surface area contributed by atoms with Crippen LogP contribution in [0, 0.1) is 5.92 Å². The van der Waals surface area contributed by atoms with Crippen molar-refractivity contribution in [3.63, 3.8) is 0 Å². The molecule has 200 valence electrons. The second-order valence-corrected chi connectivity index (χ2v) is 10.5. The van der Waals surface area contributed by atoms with Crippen LogP contribution in [0.2, 0.25) is 0 Å². The van der Waals surface area contributed by atoms with Gasteiger partial charge in [-0.1, -0.05) is 74.5 Å². The van der Waals surface area contributed by atoms with Gasteiger partial charge in [0, 0.05) is 46.3 Å². The van der Waals surface area contributed by atoms with E-state index >= 15 is 0 Å². The highest BCUT2D eigenvalue weighted by Crippen LogP contribution is 2.29. The minimum Gasteiger partial charge on any atom is -0.384 e. The van der Waals surface area contributed by atoms with Crippen molar-refractivity contribution < 1.29 is 5.11 Å². The van der Waals surface area contributed by atoms with E-state index in [9.17, 15) is 14.7 Å². The number of β-amino-alcohol motifs (C(OH)–C–C–N with tert-alkyl or cyclic N) is 1. The Morgan fingerprint density at radius 2 is 1.47 bits per heavy atom. The number of nitrogens with one attached hydrogen (secondary N) is 1. The van der Waals surface area contributed by atoms with Crippen LogP contribution in [0.1, 0.15) is 42.9 Å². The maximum Gasteiger partial charge on any atom is 0.332 e. The molecule has 1 aliphatic heterocycles. The van der Waals surface area contributed by atoms with E-state index in [2.05, 4.69) is 68.3 Å². The van der Waals surface area contributed by atoms with Crippen molar-refractivity contribution in [2.24, 2.45) is 13.0 Å². The maximum absolute atomic E-state index is 12.7. The fraction of sp³-hybridized carbons (Fsp3) is 0.414. The number of piperazine rings is 1. The Morgan fingerprint density at radius 1 is 0.895 bits per heavy atom. The minimum atomic E-state index is -0.902. The molecular weight excluding hydrogens is 480 g/mol. The number of aromatic nitrogens is 4. The number of hydrogen-bond donors (Lipinski definition) is 2. The Balaban J connectivity index is 1.31. The molecule has 0 amide bonds. The molecule has 1 aliphatic rings. The van der Waals surface area contributed by atoms with Gasteiger partial charge in [0.25, 0.3) is 5.56 Å². The van der Waals surface area contributed by atoms with Gasteiger partial charge in [-0.2, -0.15) is 0 Å². The highest BCUT2D eigenvalue weighted by molar-refractivity contribution is 5.70. The topological polar surface area (TPSA) is 99.4 Å². The van der Waals surface area contributed by atoms with Gasteiger partial charge in [-0.3, -0.25) is 23.7 Å². The number of rotatable bonds is 8. The van der Waals surface area contributed by atoms with Crippen molar-refractivity contribution in [1.82, 2.24) is 28.9 Å². The monoisotopic (exact) mass is 516 g/mol. The van der Waals surface area contributed by atoms with Gasteiger partial charge < -0.3 is 10.1 Å². The summed E-state index contributed by atoms with van der Waals surface area (Å²) in [5, 5.41) is 11.1. The molecule has 3 heterocycles. The fourth-order valence-electron chi connectivity index (χ4n) is 5.36. The Hall–Kier alpha value is -3.53. The second kappa shape index (κ2) is 11.1. The van der Waals surface area contributed by atoms with Crippen LogP contribution in [0.15, 0.2) is 70.3 Å². The number of aliphatic hydroxyl groups is 1. The van der Waals surface area contributed by atoms with E-state index in [0.29, 0.717) is 24.6 Å². The molecule has 1 saturated heterocycles. The fourth-order valence-corrected chi connectivity index (χ4v) is 5.36. The van der Waals surface area contributed by atoms with Crippen molar-refractivity contribution in [3.8, 4) is 0 Å². The quantitative estimate of drug-likeness (QED) is 0.373. The third-order valence-corrected chi connectivity index (χ3v) is 7.29. The lowest BCUT2D eigenvalue weighted by Gasteiger charge is -2.40. The van der Waals surface area contributed by atoms with Crippen LogP contribution in [-0.4, -0.2) is 66.7 Å². The van der Waals surface area contributed by atoms with E-state index in [0.717, 1.165) is 30.7 Å². The molecule has 5 rings (SSSR count). The molecule has 2 aromatic carbocycles. The number of fused-ring (bicyclic) bond motifs is 1. The largest absolute Gasteiger partial charge is 0.384 e. The van der Waals surface area contributed by atoms with Crippen LogP contribution in [0.4, 0.5) is 0 Å². The lowest BCUT2D eigenvalue weighted by atomic mass is 9.96. The van der Waals surface area contributed by atoms with Gasteiger partial charge >= 0.3 is 5.69 Å². The van der Waals surface area contributed by atoms with Crippen LogP contribution in [-0.2, 0) is 13.6 Å². The van der Waals surface area contributed by atoms with E-state index in [-0.39, 0.29) is 17.5 Å². The number of imidazole rings is 1. The number of hydrogen-bond acceptors (Lipinski definition) is 6. The molecule has 0 saturated carbocycles. The van der Waals surface area contributed by atoms with Crippen molar-refractivity contribution >= 4 is 11.2 Å². The molecule has 38 heavy (non-hydrogen) atoms. The van der Waals surface area contributed by atoms with Crippen molar-refractivity contribution in [1.29, 1.82) is 0 Å². The Morgan fingerprint density at radius 3 is 2.03 bits per heavy atom. The standard InChI is InChI=1S/C29H36N6O3/c1-20(2)18-35-27-24(28(37)32(3)29(35)38)30-26(31-27)23(36)19-33-14-16-34(17-15-33)25(21-10-6-4-7-11-21)22-12-8-5-9-13-22/h4-13,20,23,25,36H,14-19H2,1-3H3,(H,30,31). The SMILES string of the molecule is CC(C)Cn1c(=O)n(C)c(=O)c2[nH]c(C(O)CN3CCN(C(c4ccccc4)c4ccccc4)CC3)nc21. The molecule has 2 aromatic heterocycles. The lowest BCUT2D eigenvalue weighted by molar-refractivity contribution is 0.0593. The molecule has 0 spiro atoms. The Bertz CT molecular complexity index is 1440. The van der Waals surface area contributed by atoms with E-state index in [4.69, 9.17) is 0 Å². The van der Waals surface area contributed by atoms with Crippen LogP contribution in [0.5, 0.6) is 0 Å². The molecule has 9 nitrogen and oxygen atoms in total. The summed E-state index contributed by atoms with van der Waals surface area (Å²) in [6.45, 7) is 8.16. The predicted molar refractivity (Wildman–Crippen MR) is 148 cm³/mol. The Labute approximate surface area is 222 Å². The molecule has 2 N–H and O–H groups in total. The number of H-pyrrole nitrogens is 1. The summed E-state index contributed by atoms with van der Waals surface area (Å²) in [5.41, 5.74) is 2.26. The van der Waals surface area contributed by atoms with Gasteiger partial charge in [0.1, 0.15) is 17.4 Å². The van der Waals surface area contributed by atoms with Gasteiger partial charge in [0.05, 0.1) is 6.04 Å². The molecule has 0 radical (unpaired) electrons. The number of nitrogens with zero attached hydrogens (tertiary/aromatic N) is 5. The average Bonchev–Trinajstić information content (AvgIpc) is 3.38. The van der Waals surface area contributed by atoms with Crippen molar-refractivity contribution in [2.75, 3.05) is 32.7 Å². The van der Waals surface area contributed by atoms with E-state index in [1.807, 2.05) is 26.0 Å². The van der Waals surface area contributed by atoms with Crippen LogP contribution < -0.4 is 11.2 Å². The maximum atomic E-state index is 12.7. The molecule has 1 atom stereocenters. The molecular formula is C29H36N6O3. The molecule has 9 heteroatoms.